The summed E-state index contributed by atoms with van der Waals surface area (Å²) in [6, 6.07) is 56.3. The molecule has 1 heteroatoms. The molecule has 0 aliphatic rings. The molecule has 0 amide bonds. The lowest BCUT2D eigenvalue weighted by molar-refractivity contribution is 1.52. The Kier molecular flexibility index (Phi) is 5.88. The van der Waals surface area contributed by atoms with Gasteiger partial charge in [0.25, 0.3) is 0 Å². The van der Waals surface area contributed by atoms with Gasteiger partial charge in [-0.15, -0.1) is 0 Å². The van der Waals surface area contributed by atoms with E-state index < -0.39 is 0 Å². The molecule has 0 aromatic heterocycles. The van der Waals surface area contributed by atoms with Crippen LogP contribution in [0.2, 0.25) is 0 Å². The third kappa shape index (κ3) is 4.45. The topological polar surface area (TPSA) is 12.0 Å². The zero-order valence-corrected chi connectivity index (χ0v) is 21.5. The van der Waals surface area contributed by atoms with E-state index in [2.05, 4.69) is 157 Å². The SMILES string of the molecule is c1ccc(-c2ccc(Nc3ccccc3-c3ccc(-c4cc5ccccc5c5ccccc45)cc3)cc2)cc1. The maximum absolute atomic E-state index is 3.64. The Labute approximate surface area is 229 Å². The van der Waals surface area contributed by atoms with Crippen molar-refractivity contribution in [2.45, 2.75) is 0 Å². The molecule has 0 heterocycles. The van der Waals surface area contributed by atoms with Crippen LogP contribution in [0.5, 0.6) is 0 Å². The molecule has 0 saturated carbocycles. The average molecular weight is 498 g/mol. The molecule has 7 aromatic carbocycles. The molecule has 0 spiro atoms. The molecule has 0 radical (unpaired) electrons. The standard InChI is InChI=1S/C38H27N/c1-2-10-27(11-3-1)28-22-24-32(25-23-28)39-38-17-9-8-14-34(38)29-18-20-30(21-19-29)37-26-31-12-4-5-13-33(31)35-15-6-7-16-36(35)37/h1-26,39H. The van der Waals surface area contributed by atoms with Crippen LogP contribution in [0.4, 0.5) is 11.4 Å². The van der Waals surface area contributed by atoms with Gasteiger partial charge in [0.15, 0.2) is 0 Å². The van der Waals surface area contributed by atoms with Crippen LogP contribution in [0.15, 0.2) is 158 Å². The number of rotatable bonds is 5. The molecule has 1 nitrogen and oxygen atoms in total. The van der Waals surface area contributed by atoms with E-state index in [1.165, 1.54) is 54.9 Å². The van der Waals surface area contributed by atoms with E-state index in [-0.39, 0.29) is 0 Å². The molecule has 184 valence electrons. The van der Waals surface area contributed by atoms with Crippen LogP contribution >= 0.6 is 0 Å². The first-order chi connectivity index (χ1) is 19.3. The molecule has 0 saturated heterocycles. The lowest BCUT2D eigenvalue weighted by atomic mass is 9.92. The Morgan fingerprint density at radius 1 is 0.333 bits per heavy atom. The van der Waals surface area contributed by atoms with Gasteiger partial charge in [-0.25, -0.2) is 0 Å². The highest BCUT2D eigenvalue weighted by Gasteiger charge is 2.10. The molecule has 7 rings (SSSR count). The van der Waals surface area contributed by atoms with E-state index >= 15 is 0 Å². The molecular weight excluding hydrogens is 470 g/mol. The predicted molar refractivity (Wildman–Crippen MR) is 167 cm³/mol. The quantitative estimate of drug-likeness (QED) is 0.233. The van der Waals surface area contributed by atoms with Gasteiger partial charge in [0.05, 0.1) is 0 Å². The van der Waals surface area contributed by atoms with E-state index in [9.17, 15) is 0 Å². The summed E-state index contributed by atoms with van der Waals surface area (Å²) in [6.07, 6.45) is 0. The second kappa shape index (κ2) is 9.96. The summed E-state index contributed by atoms with van der Waals surface area (Å²) in [5, 5.41) is 8.78. The first-order valence-corrected chi connectivity index (χ1v) is 13.4. The monoisotopic (exact) mass is 497 g/mol. The van der Waals surface area contributed by atoms with E-state index in [0.29, 0.717) is 0 Å². The van der Waals surface area contributed by atoms with Crippen molar-refractivity contribution < 1.29 is 0 Å². The van der Waals surface area contributed by atoms with Crippen molar-refractivity contribution in [1.29, 1.82) is 0 Å². The van der Waals surface area contributed by atoms with Gasteiger partial charge in [-0.2, -0.15) is 0 Å². The minimum Gasteiger partial charge on any atom is -0.355 e. The van der Waals surface area contributed by atoms with Gasteiger partial charge < -0.3 is 5.32 Å². The highest BCUT2D eigenvalue weighted by Crippen LogP contribution is 2.37. The minimum absolute atomic E-state index is 1.07. The first-order valence-electron chi connectivity index (χ1n) is 13.4. The lowest BCUT2D eigenvalue weighted by Crippen LogP contribution is -1.93. The van der Waals surface area contributed by atoms with Gasteiger partial charge >= 0.3 is 0 Å². The van der Waals surface area contributed by atoms with Gasteiger partial charge in [0, 0.05) is 16.9 Å². The van der Waals surface area contributed by atoms with Crippen molar-refractivity contribution in [3.8, 4) is 33.4 Å². The Morgan fingerprint density at radius 3 is 1.64 bits per heavy atom. The van der Waals surface area contributed by atoms with Gasteiger partial charge in [-0.3, -0.25) is 0 Å². The fourth-order valence-electron chi connectivity index (χ4n) is 5.50. The van der Waals surface area contributed by atoms with Gasteiger partial charge in [-0.05, 0) is 73.6 Å². The van der Waals surface area contributed by atoms with Crippen LogP contribution in [0.25, 0.3) is 54.9 Å². The van der Waals surface area contributed by atoms with Crippen LogP contribution in [-0.2, 0) is 0 Å². The van der Waals surface area contributed by atoms with Crippen LogP contribution < -0.4 is 5.32 Å². The largest absolute Gasteiger partial charge is 0.355 e. The summed E-state index contributed by atoms with van der Waals surface area (Å²) in [5.41, 5.74) is 9.46. The number of hydrogen-bond donors (Lipinski definition) is 1. The van der Waals surface area contributed by atoms with Gasteiger partial charge in [-0.1, -0.05) is 133 Å². The Morgan fingerprint density at radius 2 is 0.872 bits per heavy atom. The van der Waals surface area contributed by atoms with Gasteiger partial charge in [0.1, 0.15) is 0 Å². The number of benzene rings is 7. The van der Waals surface area contributed by atoms with E-state index in [4.69, 9.17) is 0 Å². The third-order valence-corrected chi connectivity index (χ3v) is 7.47. The second-order valence-electron chi connectivity index (χ2n) is 9.88. The molecule has 0 fully saturated rings. The summed E-state index contributed by atoms with van der Waals surface area (Å²) in [6.45, 7) is 0. The molecule has 39 heavy (non-hydrogen) atoms. The minimum atomic E-state index is 1.07. The van der Waals surface area contributed by atoms with Crippen molar-refractivity contribution >= 4 is 32.9 Å². The maximum atomic E-state index is 3.64. The maximum Gasteiger partial charge on any atom is 0.0463 e. The molecular formula is C38H27N. The van der Waals surface area contributed by atoms with Crippen molar-refractivity contribution in [2.75, 3.05) is 5.32 Å². The summed E-state index contributed by atoms with van der Waals surface area (Å²) < 4.78 is 0. The van der Waals surface area contributed by atoms with Crippen molar-refractivity contribution in [3.05, 3.63) is 158 Å². The third-order valence-electron chi connectivity index (χ3n) is 7.47. The summed E-state index contributed by atoms with van der Waals surface area (Å²) in [7, 11) is 0. The Hall–Kier alpha value is -5.14. The molecule has 1 N–H and O–H groups in total. The van der Waals surface area contributed by atoms with Crippen molar-refractivity contribution in [3.63, 3.8) is 0 Å². The smallest absolute Gasteiger partial charge is 0.0463 e. The molecule has 0 unspecified atom stereocenters. The fourth-order valence-corrected chi connectivity index (χ4v) is 5.50. The summed E-state index contributed by atoms with van der Waals surface area (Å²) in [5.74, 6) is 0. The van der Waals surface area contributed by atoms with Crippen molar-refractivity contribution in [1.82, 2.24) is 0 Å². The van der Waals surface area contributed by atoms with E-state index in [0.717, 1.165) is 11.4 Å². The molecule has 0 aliphatic heterocycles. The molecule has 0 bridgehead atoms. The van der Waals surface area contributed by atoms with Crippen LogP contribution in [0.1, 0.15) is 0 Å². The number of fused-ring (bicyclic) bond motifs is 3. The Bertz CT molecular complexity index is 1900. The fraction of sp³-hybridized carbons (Fsp3) is 0. The van der Waals surface area contributed by atoms with E-state index in [1.54, 1.807) is 0 Å². The number of anilines is 2. The average Bonchev–Trinajstić information content (AvgIpc) is 3.02. The van der Waals surface area contributed by atoms with Crippen LogP contribution in [0.3, 0.4) is 0 Å². The number of para-hydroxylation sites is 1. The normalized spacial score (nSPS) is 11.1. The summed E-state index contributed by atoms with van der Waals surface area (Å²) >= 11 is 0. The molecule has 0 aliphatic carbocycles. The predicted octanol–water partition coefficient (Wildman–Crippen LogP) is 10.7. The van der Waals surface area contributed by atoms with Crippen LogP contribution in [0, 0.1) is 0 Å². The lowest BCUT2D eigenvalue weighted by Gasteiger charge is -2.14. The summed E-state index contributed by atoms with van der Waals surface area (Å²) in [4.78, 5) is 0. The zero-order chi connectivity index (χ0) is 26.0. The number of hydrogen-bond acceptors (Lipinski definition) is 1. The zero-order valence-electron chi connectivity index (χ0n) is 21.5. The van der Waals surface area contributed by atoms with E-state index in [1.807, 2.05) is 6.07 Å². The first kappa shape index (κ1) is 23.0. The van der Waals surface area contributed by atoms with Crippen LogP contribution in [-0.4, -0.2) is 0 Å². The second-order valence-corrected chi connectivity index (χ2v) is 9.88. The van der Waals surface area contributed by atoms with Crippen molar-refractivity contribution in [2.24, 2.45) is 0 Å². The number of nitrogens with one attached hydrogen (secondary N) is 1. The highest BCUT2D eigenvalue weighted by atomic mass is 14.9. The molecule has 0 atom stereocenters. The Balaban J connectivity index is 1.21. The highest BCUT2D eigenvalue weighted by molar-refractivity contribution is 6.13. The molecule has 7 aromatic rings. The van der Waals surface area contributed by atoms with Gasteiger partial charge in [0.2, 0.25) is 0 Å².